The molecule has 0 amide bonds. The van der Waals surface area contributed by atoms with Crippen LogP contribution in [-0.4, -0.2) is 33.4 Å². The Morgan fingerprint density at radius 2 is 1.81 bits per heavy atom. The van der Waals surface area contributed by atoms with E-state index < -0.39 is 0 Å². The lowest BCUT2D eigenvalue weighted by molar-refractivity contribution is 0.590. The minimum absolute atomic E-state index is 0.200. The summed E-state index contributed by atoms with van der Waals surface area (Å²) in [6, 6.07) is 9.19. The lowest BCUT2D eigenvalue weighted by Crippen LogP contribution is -2.36. The van der Waals surface area contributed by atoms with Crippen LogP contribution in [0.1, 0.15) is 49.9 Å². The molecule has 1 aromatic carbocycles. The van der Waals surface area contributed by atoms with Crippen molar-refractivity contribution < 1.29 is 0 Å². The largest absolute Gasteiger partial charge is 0.327 e. The highest BCUT2D eigenvalue weighted by molar-refractivity contribution is 5.84. The fraction of sp³-hybridized carbons (Fsp3) is 0.296. The van der Waals surface area contributed by atoms with Gasteiger partial charge in [-0.3, -0.25) is 9.59 Å². The predicted octanol–water partition coefficient (Wildman–Crippen LogP) is 3.90. The summed E-state index contributed by atoms with van der Waals surface area (Å²) >= 11 is 0. The molecule has 0 unspecified atom stereocenters. The SMILES string of the molecule is Cc1cc2c(=O)n(C)n(-c3cccc(-c4nccn4C(C)C)n3)c(=O)c2cc1-n1cnc(C2CC2)c1. The number of nitrogens with zero attached hydrogens (tertiary/aromatic N) is 7. The predicted molar refractivity (Wildman–Crippen MR) is 138 cm³/mol. The molecule has 4 heterocycles. The minimum Gasteiger partial charge on any atom is -0.327 e. The summed E-state index contributed by atoms with van der Waals surface area (Å²) in [5, 5.41) is 0.727. The van der Waals surface area contributed by atoms with Crippen LogP contribution >= 0.6 is 0 Å². The van der Waals surface area contributed by atoms with Gasteiger partial charge in [-0.15, -0.1) is 0 Å². The first-order valence-electron chi connectivity index (χ1n) is 12.1. The Kier molecular flexibility index (Phi) is 5.03. The maximum atomic E-state index is 13.8. The summed E-state index contributed by atoms with van der Waals surface area (Å²) in [7, 11) is 1.59. The van der Waals surface area contributed by atoms with E-state index >= 15 is 0 Å². The van der Waals surface area contributed by atoms with Gasteiger partial charge < -0.3 is 9.13 Å². The van der Waals surface area contributed by atoms with Gasteiger partial charge in [0.1, 0.15) is 5.69 Å². The molecule has 182 valence electrons. The van der Waals surface area contributed by atoms with Crippen molar-refractivity contribution in [3.05, 3.63) is 87.2 Å². The zero-order valence-corrected chi connectivity index (χ0v) is 20.7. The lowest BCUT2D eigenvalue weighted by Gasteiger charge is -2.16. The van der Waals surface area contributed by atoms with E-state index in [-0.39, 0.29) is 17.2 Å². The van der Waals surface area contributed by atoms with Gasteiger partial charge in [-0.05, 0) is 63.4 Å². The third kappa shape index (κ3) is 3.50. The van der Waals surface area contributed by atoms with Gasteiger partial charge in [-0.1, -0.05) is 6.07 Å². The number of aromatic nitrogens is 7. The second-order valence-electron chi connectivity index (χ2n) is 9.74. The van der Waals surface area contributed by atoms with Crippen molar-refractivity contribution in [1.82, 2.24) is 33.4 Å². The first-order chi connectivity index (χ1) is 17.3. The normalized spacial score (nSPS) is 13.7. The van der Waals surface area contributed by atoms with Gasteiger partial charge in [0, 0.05) is 37.6 Å². The third-order valence-electron chi connectivity index (χ3n) is 6.87. The van der Waals surface area contributed by atoms with Crippen molar-refractivity contribution >= 4 is 10.8 Å². The molecule has 1 saturated carbocycles. The van der Waals surface area contributed by atoms with Gasteiger partial charge in [0.2, 0.25) is 0 Å². The number of imidazole rings is 2. The van der Waals surface area contributed by atoms with Crippen molar-refractivity contribution in [3.63, 3.8) is 0 Å². The van der Waals surface area contributed by atoms with Gasteiger partial charge in [0.25, 0.3) is 11.1 Å². The first kappa shape index (κ1) is 22.2. The number of aryl methyl sites for hydroxylation is 1. The number of benzene rings is 1. The van der Waals surface area contributed by atoms with E-state index in [0.29, 0.717) is 34.0 Å². The molecule has 0 atom stereocenters. The second-order valence-corrected chi connectivity index (χ2v) is 9.74. The van der Waals surface area contributed by atoms with Gasteiger partial charge >= 0.3 is 0 Å². The molecule has 0 saturated heterocycles. The molecule has 0 spiro atoms. The van der Waals surface area contributed by atoms with Crippen LogP contribution in [0.3, 0.4) is 0 Å². The average molecular weight is 482 g/mol. The number of pyridine rings is 1. The minimum atomic E-state index is -0.312. The van der Waals surface area contributed by atoms with Gasteiger partial charge in [0.05, 0.1) is 28.5 Å². The first-order valence-corrected chi connectivity index (χ1v) is 12.1. The van der Waals surface area contributed by atoms with Crippen LogP contribution in [0, 0.1) is 6.92 Å². The Labute approximate surface area is 207 Å². The fourth-order valence-corrected chi connectivity index (χ4v) is 4.76. The summed E-state index contributed by atoms with van der Waals surface area (Å²) in [4.78, 5) is 40.9. The molecule has 0 radical (unpaired) electrons. The number of hydrogen-bond acceptors (Lipinski definition) is 5. The molecule has 9 heteroatoms. The van der Waals surface area contributed by atoms with Crippen LogP contribution < -0.4 is 11.1 Å². The van der Waals surface area contributed by atoms with E-state index in [9.17, 15) is 9.59 Å². The number of hydrogen-bond donors (Lipinski definition) is 0. The van der Waals surface area contributed by atoms with Crippen LogP contribution in [0.5, 0.6) is 0 Å². The molecule has 0 aliphatic heterocycles. The molecule has 6 rings (SSSR count). The molecule has 1 fully saturated rings. The molecule has 0 N–H and O–H groups in total. The van der Waals surface area contributed by atoms with Crippen LogP contribution in [0.2, 0.25) is 0 Å². The molecule has 0 bridgehead atoms. The maximum Gasteiger partial charge on any atom is 0.279 e. The highest BCUT2D eigenvalue weighted by Gasteiger charge is 2.26. The lowest BCUT2D eigenvalue weighted by atomic mass is 10.1. The highest BCUT2D eigenvalue weighted by Crippen LogP contribution is 2.39. The number of fused-ring (bicyclic) bond motifs is 1. The Morgan fingerprint density at radius 3 is 2.56 bits per heavy atom. The molecule has 5 aromatic rings. The van der Waals surface area contributed by atoms with Crippen LogP contribution in [0.4, 0.5) is 0 Å². The Morgan fingerprint density at radius 1 is 1.03 bits per heavy atom. The maximum absolute atomic E-state index is 13.8. The smallest absolute Gasteiger partial charge is 0.279 e. The monoisotopic (exact) mass is 481 g/mol. The molecule has 1 aliphatic rings. The second kappa shape index (κ2) is 8.15. The van der Waals surface area contributed by atoms with Crippen LogP contribution in [0.25, 0.3) is 33.8 Å². The zero-order chi connectivity index (χ0) is 25.1. The van der Waals surface area contributed by atoms with Gasteiger partial charge in [-0.2, -0.15) is 4.68 Å². The summed E-state index contributed by atoms with van der Waals surface area (Å²) in [6.45, 7) is 6.08. The van der Waals surface area contributed by atoms with Crippen molar-refractivity contribution in [2.75, 3.05) is 0 Å². The third-order valence-corrected chi connectivity index (χ3v) is 6.87. The highest BCUT2D eigenvalue weighted by atomic mass is 16.2. The Bertz CT molecular complexity index is 1750. The van der Waals surface area contributed by atoms with Crippen LogP contribution in [0.15, 0.2) is 64.8 Å². The van der Waals surface area contributed by atoms with Crippen molar-refractivity contribution in [3.8, 4) is 23.0 Å². The molecule has 4 aromatic heterocycles. The topological polar surface area (TPSA) is 92.5 Å². The van der Waals surface area contributed by atoms with E-state index in [1.165, 1.54) is 9.36 Å². The van der Waals surface area contributed by atoms with Gasteiger partial charge in [-0.25, -0.2) is 19.6 Å². The van der Waals surface area contributed by atoms with Crippen molar-refractivity contribution in [2.24, 2.45) is 7.05 Å². The Hall–Kier alpha value is -4.27. The molecule has 9 nitrogen and oxygen atoms in total. The Balaban J connectivity index is 1.54. The van der Waals surface area contributed by atoms with Crippen molar-refractivity contribution in [1.29, 1.82) is 0 Å². The molecule has 1 aliphatic carbocycles. The van der Waals surface area contributed by atoms with E-state index in [0.717, 1.165) is 29.8 Å². The standard InChI is InChI=1S/C27H27N7O2/c1-16(2)33-11-10-28-25(33)21-6-5-7-24(30-21)34-27(36)20-13-23(17(3)12-19(20)26(35)31(34)4)32-14-22(29-15-32)18-8-9-18/h5-7,10-16,18H,8-9H2,1-4H3. The van der Waals surface area contributed by atoms with Crippen LogP contribution in [-0.2, 0) is 7.05 Å². The van der Waals surface area contributed by atoms with Gasteiger partial charge in [0.15, 0.2) is 11.6 Å². The summed E-state index contributed by atoms with van der Waals surface area (Å²) in [6.07, 6.45) is 9.77. The van der Waals surface area contributed by atoms with E-state index in [4.69, 9.17) is 4.98 Å². The van der Waals surface area contributed by atoms with E-state index in [2.05, 4.69) is 23.8 Å². The fourth-order valence-electron chi connectivity index (χ4n) is 4.76. The van der Waals surface area contributed by atoms with Crippen molar-refractivity contribution in [2.45, 2.75) is 45.6 Å². The van der Waals surface area contributed by atoms with E-state index in [1.54, 1.807) is 37.8 Å². The molecule has 36 heavy (non-hydrogen) atoms. The molecular weight excluding hydrogens is 454 g/mol. The summed E-state index contributed by atoms with van der Waals surface area (Å²) in [5.74, 6) is 1.59. The zero-order valence-electron chi connectivity index (χ0n) is 20.7. The molecular formula is C27H27N7O2. The number of rotatable bonds is 5. The summed E-state index contributed by atoms with van der Waals surface area (Å²) in [5.41, 5.74) is 2.85. The van der Waals surface area contributed by atoms with E-state index in [1.807, 2.05) is 40.6 Å². The summed E-state index contributed by atoms with van der Waals surface area (Å²) < 4.78 is 6.62. The quantitative estimate of drug-likeness (QED) is 0.380. The average Bonchev–Trinajstić information content (AvgIpc) is 3.38.